The molecule has 0 aliphatic carbocycles. The van der Waals surface area contributed by atoms with Gasteiger partial charge in [0.1, 0.15) is 0 Å². The van der Waals surface area contributed by atoms with E-state index in [0.717, 1.165) is 22.0 Å². The number of ether oxygens (including phenoxy) is 1. The molecule has 28 heavy (non-hydrogen) atoms. The molecule has 1 aliphatic rings. The van der Waals surface area contributed by atoms with Crippen molar-refractivity contribution in [1.29, 1.82) is 0 Å². The number of aromatic nitrogens is 2. The first kappa shape index (κ1) is 17.8. The predicted molar refractivity (Wildman–Crippen MR) is 107 cm³/mol. The van der Waals surface area contributed by atoms with E-state index in [9.17, 15) is 9.59 Å². The Morgan fingerprint density at radius 3 is 3.04 bits per heavy atom. The predicted octanol–water partition coefficient (Wildman–Crippen LogP) is 3.13. The van der Waals surface area contributed by atoms with Crippen molar-refractivity contribution in [3.63, 3.8) is 0 Å². The number of nitrogens with one attached hydrogen (secondary N) is 2. The molecule has 4 rings (SSSR count). The molecule has 2 amide bonds. The van der Waals surface area contributed by atoms with Gasteiger partial charge in [0, 0.05) is 36.4 Å². The maximum Gasteiger partial charge on any atom is 0.263 e. The average Bonchev–Trinajstić information content (AvgIpc) is 3.15. The number of hydrogen-bond acceptors (Lipinski definition) is 4. The number of aromatic amines is 1. The van der Waals surface area contributed by atoms with Crippen LogP contribution in [0.5, 0.6) is 5.75 Å². The number of likely N-dealkylation sites (N-methyl/N-ethyl adjacent to an activating group) is 1. The number of fused-ring (bicyclic) bond motifs is 2. The van der Waals surface area contributed by atoms with Gasteiger partial charge in [0.15, 0.2) is 18.2 Å². The highest BCUT2D eigenvalue weighted by molar-refractivity contribution is 5.95. The number of nitrogens with zero attached hydrogens (tertiary/aromatic N) is 2. The van der Waals surface area contributed by atoms with Gasteiger partial charge in [-0.1, -0.05) is 18.2 Å². The van der Waals surface area contributed by atoms with E-state index >= 15 is 0 Å². The summed E-state index contributed by atoms with van der Waals surface area (Å²) in [7, 11) is 1.78. The standard InChI is InChI=1S/C21H20N4O3/c1-13(16-11-22-17-6-4-3-5-15(16)17)25(2)20(27)8-7-14-9-18-21(23-10-14)24-19(26)12-28-18/h3-11,13,22H,12H2,1-2H3,(H,23,24,26)/b8-7+. The molecule has 7 heteroatoms. The molecule has 3 heterocycles. The lowest BCUT2D eigenvalue weighted by atomic mass is 10.1. The SMILES string of the molecule is CC(c1c[nH]c2ccccc12)N(C)C(=O)/C=C/c1cnc2c(c1)OCC(=O)N2. The van der Waals surface area contributed by atoms with Crippen molar-refractivity contribution in [2.45, 2.75) is 13.0 Å². The Balaban J connectivity index is 1.49. The van der Waals surface area contributed by atoms with Crippen LogP contribution in [-0.2, 0) is 9.59 Å². The zero-order valence-corrected chi connectivity index (χ0v) is 15.6. The van der Waals surface area contributed by atoms with E-state index in [1.807, 2.05) is 37.4 Å². The van der Waals surface area contributed by atoms with Crippen LogP contribution in [0.1, 0.15) is 24.1 Å². The van der Waals surface area contributed by atoms with Crippen molar-refractivity contribution in [3.05, 3.63) is 59.9 Å². The van der Waals surface area contributed by atoms with Crippen LogP contribution in [0.3, 0.4) is 0 Å². The lowest BCUT2D eigenvalue weighted by molar-refractivity contribution is -0.126. The van der Waals surface area contributed by atoms with Gasteiger partial charge in [0.25, 0.3) is 5.91 Å². The molecule has 2 N–H and O–H groups in total. The van der Waals surface area contributed by atoms with E-state index < -0.39 is 0 Å². The topological polar surface area (TPSA) is 87.3 Å². The average molecular weight is 376 g/mol. The van der Waals surface area contributed by atoms with E-state index in [-0.39, 0.29) is 24.5 Å². The third kappa shape index (κ3) is 3.34. The highest BCUT2D eigenvalue weighted by Crippen LogP contribution is 2.28. The molecule has 0 fully saturated rings. The number of H-pyrrole nitrogens is 1. The van der Waals surface area contributed by atoms with Crippen molar-refractivity contribution in [2.75, 3.05) is 19.0 Å². The van der Waals surface area contributed by atoms with Crippen molar-refractivity contribution in [3.8, 4) is 5.75 Å². The minimum absolute atomic E-state index is 0.0361. The fourth-order valence-electron chi connectivity index (χ4n) is 3.19. The summed E-state index contributed by atoms with van der Waals surface area (Å²) in [6.07, 6.45) is 6.73. The Kier molecular flexibility index (Phi) is 4.57. The number of anilines is 1. The first-order valence-corrected chi connectivity index (χ1v) is 8.96. The van der Waals surface area contributed by atoms with Gasteiger partial charge >= 0.3 is 0 Å². The molecule has 1 aliphatic heterocycles. The first-order chi connectivity index (χ1) is 13.5. The summed E-state index contributed by atoms with van der Waals surface area (Å²) in [5, 5.41) is 3.75. The second-order valence-corrected chi connectivity index (χ2v) is 6.70. The maximum absolute atomic E-state index is 12.6. The third-order valence-corrected chi connectivity index (χ3v) is 4.91. The minimum Gasteiger partial charge on any atom is -0.480 e. The van der Waals surface area contributed by atoms with Crippen molar-refractivity contribution in [2.24, 2.45) is 0 Å². The zero-order chi connectivity index (χ0) is 19.7. The largest absolute Gasteiger partial charge is 0.480 e. The van der Waals surface area contributed by atoms with Crippen LogP contribution in [0.15, 0.2) is 48.8 Å². The summed E-state index contributed by atoms with van der Waals surface area (Å²) >= 11 is 0. The number of pyridine rings is 1. The van der Waals surface area contributed by atoms with E-state index in [1.165, 1.54) is 6.08 Å². The first-order valence-electron chi connectivity index (χ1n) is 8.96. The van der Waals surface area contributed by atoms with Crippen molar-refractivity contribution in [1.82, 2.24) is 14.9 Å². The summed E-state index contributed by atoms with van der Waals surface area (Å²) in [5.41, 5.74) is 2.84. The molecule has 1 atom stereocenters. The van der Waals surface area contributed by atoms with E-state index in [4.69, 9.17) is 4.74 Å². The van der Waals surface area contributed by atoms with Gasteiger partial charge in [-0.05, 0) is 36.3 Å². The minimum atomic E-state index is -0.230. The van der Waals surface area contributed by atoms with Crippen LogP contribution in [0.25, 0.3) is 17.0 Å². The van der Waals surface area contributed by atoms with Gasteiger partial charge in [-0.3, -0.25) is 9.59 Å². The summed E-state index contributed by atoms with van der Waals surface area (Å²) < 4.78 is 5.35. The molecule has 7 nitrogen and oxygen atoms in total. The van der Waals surface area contributed by atoms with Gasteiger partial charge < -0.3 is 19.9 Å². The van der Waals surface area contributed by atoms with Crippen LogP contribution < -0.4 is 10.1 Å². The summed E-state index contributed by atoms with van der Waals surface area (Å²) in [6.45, 7) is 1.96. The monoisotopic (exact) mass is 376 g/mol. The highest BCUT2D eigenvalue weighted by atomic mass is 16.5. The highest BCUT2D eigenvalue weighted by Gasteiger charge is 2.19. The second kappa shape index (κ2) is 7.19. The van der Waals surface area contributed by atoms with Gasteiger partial charge in [0.2, 0.25) is 5.91 Å². The molecule has 1 aromatic carbocycles. The molecule has 142 valence electrons. The number of carbonyl (C=O) groups is 2. The third-order valence-electron chi connectivity index (χ3n) is 4.91. The van der Waals surface area contributed by atoms with Crippen molar-refractivity contribution >= 4 is 34.6 Å². The van der Waals surface area contributed by atoms with Crippen LogP contribution in [0.4, 0.5) is 5.82 Å². The molecule has 2 aromatic heterocycles. The lowest BCUT2D eigenvalue weighted by Crippen LogP contribution is -2.27. The number of benzene rings is 1. The number of carbonyl (C=O) groups excluding carboxylic acids is 2. The maximum atomic E-state index is 12.6. The summed E-state index contributed by atoms with van der Waals surface area (Å²) in [6, 6.07) is 9.68. The van der Waals surface area contributed by atoms with E-state index in [2.05, 4.69) is 15.3 Å². The smallest absolute Gasteiger partial charge is 0.263 e. The van der Waals surface area contributed by atoms with E-state index in [0.29, 0.717) is 11.6 Å². The Morgan fingerprint density at radius 1 is 1.36 bits per heavy atom. The van der Waals surface area contributed by atoms with Crippen LogP contribution in [0.2, 0.25) is 0 Å². The Hall–Kier alpha value is -3.61. The number of amides is 2. The normalized spacial score (nSPS) is 14.4. The van der Waals surface area contributed by atoms with Crippen LogP contribution in [0, 0.1) is 0 Å². The molecule has 0 saturated heterocycles. The number of hydrogen-bond donors (Lipinski definition) is 2. The van der Waals surface area contributed by atoms with Gasteiger partial charge in [-0.25, -0.2) is 4.98 Å². The molecule has 1 unspecified atom stereocenters. The Morgan fingerprint density at radius 2 is 2.18 bits per heavy atom. The molecule has 0 saturated carbocycles. The molecule has 0 bridgehead atoms. The molecule has 0 radical (unpaired) electrons. The van der Waals surface area contributed by atoms with E-state index in [1.54, 1.807) is 30.3 Å². The Labute approximate surface area is 162 Å². The van der Waals surface area contributed by atoms with Crippen LogP contribution in [-0.4, -0.2) is 40.3 Å². The lowest BCUT2D eigenvalue weighted by Gasteiger charge is -2.23. The fraction of sp³-hybridized carbons (Fsp3) is 0.190. The molecule has 3 aromatic rings. The molecule has 0 spiro atoms. The molecular formula is C21H20N4O3. The Bertz CT molecular complexity index is 1090. The molecular weight excluding hydrogens is 356 g/mol. The fourth-order valence-corrected chi connectivity index (χ4v) is 3.19. The number of rotatable bonds is 4. The quantitative estimate of drug-likeness (QED) is 0.685. The van der Waals surface area contributed by atoms with Crippen LogP contribution >= 0.6 is 0 Å². The zero-order valence-electron chi connectivity index (χ0n) is 15.6. The summed E-state index contributed by atoms with van der Waals surface area (Å²) in [5.74, 6) is 0.538. The van der Waals surface area contributed by atoms with Gasteiger partial charge in [-0.15, -0.1) is 0 Å². The van der Waals surface area contributed by atoms with Crippen molar-refractivity contribution < 1.29 is 14.3 Å². The summed E-state index contributed by atoms with van der Waals surface area (Å²) in [4.78, 5) is 33.0. The second-order valence-electron chi connectivity index (χ2n) is 6.70. The van der Waals surface area contributed by atoms with Gasteiger partial charge in [0.05, 0.1) is 6.04 Å². The van der Waals surface area contributed by atoms with Gasteiger partial charge in [-0.2, -0.15) is 0 Å². The number of para-hydroxylation sites is 1.